The minimum absolute atomic E-state index is 0.0159. The summed E-state index contributed by atoms with van der Waals surface area (Å²) in [6.45, 7) is 7.07. The first-order chi connectivity index (χ1) is 23.9. The number of carbonyl (C=O) groups excluding carboxylic acids is 6. The summed E-state index contributed by atoms with van der Waals surface area (Å²) < 4.78 is 16.6. The Balaban J connectivity index is 1.53. The Morgan fingerprint density at radius 2 is 1.80 bits per heavy atom. The number of unbranched alkanes of at least 4 members (excludes halogenated alkanes) is 1. The Morgan fingerprint density at radius 1 is 1.12 bits per heavy atom. The molecule has 3 saturated carbocycles. The second-order valence-corrected chi connectivity index (χ2v) is 15.1. The van der Waals surface area contributed by atoms with Crippen LogP contribution in [0, 0.1) is 38.7 Å². The van der Waals surface area contributed by atoms with Crippen LogP contribution in [-0.2, 0) is 47.8 Å². The lowest BCUT2D eigenvalue weighted by Crippen LogP contribution is -2.69. The largest absolute Gasteiger partial charge is 0.464 e. The molecule has 0 bridgehead atoms. The Morgan fingerprint density at radius 3 is 2.45 bits per heavy atom. The number of alkyl halides is 1. The molecule has 4 rings (SSSR count). The molecule has 15 nitrogen and oxygen atoms in total. The smallest absolute Gasteiger partial charge is 0.329 e. The molecule has 51 heavy (non-hydrogen) atoms. The van der Waals surface area contributed by atoms with Crippen molar-refractivity contribution in [3.05, 3.63) is 33.9 Å². The number of nitrogens with one attached hydrogen (secondary N) is 1. The highest BCUT2D eigenvalue weighted by Crippen LogP contribution is 2.72. The summed E-state index contributed by atoms with van der Waals surface area (Å²) in [5, 5.41) is 23.6. The van der Waals surface area contributed by atoms with E-state index < -0.39 is 87.1 Å². The van der Waals surface area contributed by atoms with Crippen molar-refractivity contribution >= 4 is 47.0 Å². The number of esters is 3. The molecule has 282 valence electrons. The van der Waals surface area contributed by atoms with E-state index >= 15 is 0 Å². The van der Waals surface area contributed by atoms with Gasteiger partial charge in [-0.25, -0.2) is 4.79 Å². The summed E-state index contributed by atoms with van der Waals surface area (Å²) >= 11 is 7.54. The van der Waals surface area contributed by atoms with Crippen molar-refractivity contribution in [2.24, 2.45) is 28.6 Å². The number of carbonyl (C=O) groups is 6. The van der Waals surface area contributed by atoms with E-state index in [1.54, 1.807) is 26.0 Å². The molecule has 1 amide bonds. The summed E-state index contributed by atoms with van der Waals surface area (Å²) in [5.41, 5.74) is -2.92. The van der Waals surface area contributed by atoms with Gasteiger partial charge in [0.2, 0.25) is 11.7 Å². The van der Waals surface area contributed by atoms with Crippen molar-refractivity contribution in [3.8, 4) is 0 Å². The first kappa shape index (κ1) is 39.9. The van der Waals surface area contributed by atoms with Crippen LogP contribution in [0.15, 0.2) is 23.8 Å². The molecule has 0 heterocycles. The molecule has 0 aliphatic heterocycles. The van der Waals surface area contributed by atoms with E-state index in [4.69, 9.17) is 25.8 Å². The number of hydrogen-bond donors (Lipinski definition) is 2. The standard InChI is InChI=1S/C35H47ClN2O13/c1-6-29(43)51-35(28(42)19-49-30(44)17-26(37-21(3)39)31(45)48-13-7-8-14-50-38(46)47)20(2)15-25-24-10-9-22-16-23(40)11-12-32(22,4)34(24,36)27(41)18-33(25,35)5/h11-12,16,20,24-27,41H,6-10,13-15,17-19H2,1-5H3,(H,37,39)/t20-,24-,25-,26?,27-,32-,33-,34-,35-/m0/s1. The van der Waals surface area contributed by atoms with Crippen molar-refractivity contribution < 1.29 is 58.0 Å². The zero-order valence-electron chi connectivity index (χ0n) is 29.6. The maximum Gasteiger partial charge on any atom is 0.329 e. The highest BCUT2D eigenvalue weighted by atomic mass is 35.5. The highest BCUT2D eigenvalue weighted by Gasteiger charge is 2.76. The number of allylic oxidation sites excluding steroid dienone is 4. The van der Waals surface area contributed by atoms with Crippen LogP contribution in [0.2, 0.25) is 0 Å². The van der Waals surface area contributed by atoms with Crippen molar-refractivity contribution in [3.63, 3.8) is 0 Å². The van der Waals surface area contributed by atoms with Crippen molar-refractivity contribution in [1.82, 2.24) is 5.32 Å². The average molecular weight is 739 g/mol. The van der Waals surface area contributed by atoms with Gasteiger partial charge in [-0.1, -0.05) is 39.3 Å². The van der Waals surface area contributed by atoms with E-state index in [0.29, 0.717) is 19.3 Å². The molecule has 9 atom stereocenters. The van der Waals surface area contributed by atoms with Crippen LogP contribution >= 0.6 is 11.6 Å². The van der Waals surface area contributed by atoms with Gasteiger partial charge in [0.25, 0.3) is 5.09 Å². The normalized spacial score (nSPS) is 34.1. The van der Waals surface area contributed by atoms with Gasteiger partial charge in [0.15, 0.2) is 18.0 Å². The number of halogens is 1. The van der Waals surface area contributed by atoms with Gasteiger partial charge >= 0.3 is 17.9 Å². The number of aliphatic hydroxyl groups is 1. The second kappa shape index (κ2) is 15.4. The molecular weight excluding hydrogens is 692 g/mol. The maximum absolute atomic E-state index is 14.4. The molecule has 0 aromatic heterocycles. The fraction of sp³-hybridized carbons (Fsp3) is 0.714. The van der Waals surface area contributed by atoms with Gasteiger partial charge in [0.1, 0.15) is 6.04 Å². The molecule has 1 unspecified atom stereocenters. The fourth-order valence-electron chi connectivity index (χ4n) is 9.18. The number of aliphatic hydroxyl groups excluding tert-OH is 1. The van der Waals surface area contributed by atoms with Gasteiger partial charge in [-0.15, -0.1) is 21.7 Å². The van der Waals surface area contributed by atoms with Gasteiger partial charge < -0.3 is 29.5 Å². The third kappa shape index (κ3) is 7.28. The number of Topliss-reactive ketones (excluding diaryl/α,β-unsaturated/α-hetero) is 1. The molecule has 3 fully saturated rings. The van der Waals surface area contributed by atoms with Gasteiger partial charge in [-0.3, -0.25) is 24.0 Å². The molecule has 4 aliphatic rings. The fourth-order valence-corrected chi connectivity index (χ4v) is 9.71. The van der Waals surface area contributed by atoms with Crippen LogP contribution in [0.1, 0.15) is 86.0 Å². The summed E-state index contributed by atoms with van der Waals surface area (Å²) in [7, 11) is 0. The summed E-state index contributed by atoms with van der Waals surface area (Å²) in [6, 6.07) is -1.44. The zero-order valence-corrected chi connectivity index (χ0v) is 30.3. The Bertz CT molecular complexity index is 1510. The molecule has 4 aliphatic carbocycles. The topological polar surface area (TPSA) is 215 Å². The predicted molar refractivity (Wildman–Crippen MR) is 178 cm³/mol. The van der Waals surface area contributed by atoms with E-state index in [9.17, 15) is 44.0 Å². The average Bonchev–Trinajstić information content (AvgIpc) is 3.27. The number of hydrogen-bond acceptors (Lipinski definition) is 13. The van der Waals surface area contributed by atoms with E-state index in [1.165, 1.54) is 6.08 Å². The number of ether oxygens (including phenoxy) is 3. The molecule has 2 N–H and O–H groups in total. The number of rotatable bonds is 15. The predicted octanol–water partition coefficient (Wildman–Crippen LogP) is 3.10. The van der Waals surface area contributed by atoms with E-state index in [0.717, 1.165) is 12.5 Å². The van der Waals surface area contributed by atoms with E-state index in [1.807, 2.05) is 13.8 Å². The third-order valence-corrected chi connectivity index (χ3v) is 12.5. The lowest BCUT2D eigenvalue weighted by atomic mass is 9.45. The van der Waals surface area contributed by atoms with Gasteiger partial charge in [0, 0.05) is 30.1 Å². The molecule has 0 aromatic rings. The maximum atomic E-state index is 14.4. The minimum Gasteiger partial charge on any atom is -0.464 e. The highest BCUT2D eigenvalue weighted by molar-refractivity contribution is 6.26. The van der Waals surface area contributed by atoms with Crippen LogP contribution in [0.3, 0.4) is 0 Å². The van der Waals surface area contributed by atoms with Crippen LogP contribution < -0.4 is 5.32 Å². The molecule has 0 aromatic carbocycles. The Labute approximate surface area is 300 Å². The van der Waals surface area contributed by atoms with Crippen LogP contribution in [-0.4, -0.2) is 88.0 Å². The molecule has 16 heteroatoms. The van der Waals surface area contributed by atoms with Crippen molar-refractivity contribution in [1.29, 1.82) is 0 Å². The summed E-state index contributed by atoms with van der Waals surface area (Å²) in [4.78, 5) is 90.4. The van der Waals surface area contributed by atoms with Crippen LogP contribution in [0.5, 0.6) is 0 Å². The molecule has 0 spiro atoms. The lowest BCUT2D eigenvalue weighted by molar-refractivity contribution is -0.757. The van der Waals surface area contributed by atoms with Crippen LogP contribution in [0.4, 0.5) is 0 Å². The first-order valence-electron chi connectivity index (χ1n) is 17.3. The van der Waals surface area contributed by atoms with Crippen LogP contribution in [0.25, 0.3) is 0 Å². The minimum atomic E-state index is -1.80. The number of ketones is 2. The Hall–Kier alpha value is -3.85. The summed E-state index contributed by atoms with van der Waals surface area (Å²) in [6.07, 6.45) is 4.85. The molecular formula is C35H47ClN2O13. The zero-order chi connectivity index (χ0) is 37.9. The summed E-state index contributed by atoms with van der Waals surface area (Å²) in [5.74, 6) is -5.27. The third-order valence-electron chi connectivity index (χ3n) is 11.5. The van der Waals surface area contributed by atoms with Gasteiger partial charge in [-0.2, -0.15) is 0 Å². The van der Waals surface area contributed by atoms with E-state index in [-0.39, 0.29) is 56.5 Å². The van der Waals surface area contributed by atoms with E-state index in [2.05, 4.69) is 10.2 Å². The lowest BCUT2D eigenvalue weighted by Gasteiger charge is -2.64. The molecule has 0 saturated heterocycles. The SMILES string of the molecule is CCC(=O)O[C@]1(C(=O)COC(=O)CC(NC(C)=O)C(=O)OCCCCO[N+](=O)[O-])[C@@H](C)C[C@H]2[C@@H]3CCC4=CC(=O)C=C[C@]4(C)[C@@]3(Cl)[C@@H](O)C[C@@]21C. The van der Waals surface area contributed by atoms with Crippen molar-refractivity contribution in [2.75, 3.05) is 19.8 Å². The number of amides is 1. The molecule has 0 radical (unpaired) electrons. The number of nitrogens with zero attached hydrogens (tertiary/aromatic N) is 1. The first-order valence-corrected chi connectivity index (χ1v) is 17.7. The number of fused-ring (bicyclic) bond motifs is 5. The second-order valence-electron chi connectivity index (χ2n) is 14.4. The Kier molecular flexibility index (Phi) is 12.1. The quantitative estimate of drug-likeness (QED) is 0.0618. The van der Waals surface area contributed by atoms with Gasteiger partial charge in [-0.05, 0) is 62.5 Å². The van der Waals surface area contributed by atoms with Gasteiger partial charge in [0.05, 0.1) is 30.6 Å². The monoisotopic (exact) mass is 738 g/mol. The van der Waals surface area contributed by atoms with Crippen molar-refractivity contribution in [2.45, 2.75) is 109 Å².